The van der Waals surface area contributed by atoms with E-state index in [1.165, 1.54) is 0 Å². The lowest BCUT2D eigenvalue weighted by molar-refractivity contribution is -0.118. The molecule has 4 nitrogen and oxygen atoms in total. The van der Waals surface area contributed by atoms with Gasteiger partial charge in [-0.3, -0.25) is 4.79 Å². The Morgan fingerprint density at radius 2 is 1.52 bits per heavy atom. The largest absolute Gasteiger partial charge is 0.489 e. The number of halogens is 2. The first-order chi connectivity index (χ1) is 13.1. The van der Waals surface area contributed by atoms with Gasteiger partial charge in [0.2, 0.25) is 0 Å². The van der Waals surface area contributed by atoms with Gasteiger partial charge in [0.1, 0.15) is 18.1 Å². The fourth-order valence-electron chi connectivity index (χ4n) is 2.30. The average molecular weight is 402 g/mol. The van der Waals surface area contributed by atoms with Crippen LogP contribution in [0.25, 0.3) is 0 Å². The third-order valence-corrected chi connectivity index (χ3v) is 4.21. The lowest BCUT2D eigenvalue weighted by Gasteiger charge is -2.10. The second kappa shape index (κ2) is 9.31. The Kier molecular flexibility index (Phi) is 6.58. The van der Waals surface area contributed by atoms with Crippen LogP contribution in [0.4, 0.5) is 5.69 Å². The summed E-state index contributed by atoms with van der Waals surface area (Å²) in [5.74, 6) is 0.958. The summed E-state index contributed by atoms with van der Waals surface area (Å²) in [5.41, 5.74) is 1.54. The molecule has 0 atom stereocenters. The minimum atomic E-state index is -0.330. The third-order valence-electron chi connectivity index (χ3n) is 3.64. The number of benzene rings is 3. The minimum absolute atomic E-state index is 0.146. The molecule has 0 spiro atoms. The second-order valence-corrected chi connectivity index (χ2v) is 6.55. The quantitative estimate of drug-likeness (QED) is 0.561. The van der Waals surface area contributed by atoms with Crippen molar-refractivity contribution in [3.63, 3.8) is 0 Å². The summed E-state index contributed by atoms with van der Waals surface area (Å²) < 4.78 is 11.2. The van der Waals surface area contributed by atoms with Crippen molar-refractivity contribution in [2.75, 3.05) is 11.9 Å². The van der Waals surface area contributed by atoms with E-state index in [2.05, 4.69) is 5.32 Å². The van der Waals surface area contributed by atoms with Gasteiger partial charge in [0.25, 0.3) is 5.91 Å². The zero-order valence-electron chi connectivity index (χ0n) is 14.3. The molecule has 6 heteroatoms. The van der Waals surface area contributed by atoms with Gasteiger partial charge in [-0.15, -0.1) is 0 Å². The molecule has 0 aliphatic carbocycles. The van der Waals surface area contributed by atoms with Gasteiger partial charge in [-0.1, -0.05) is 53.5 Å². The lowest BCUT2D eigenvalue weighted by Crippen LogP contribution is -2.20. The number of hydrogen-bond acceptors (Lipinski definition) is 3. The summed E-state index contributed by atoms with van der Waals surface area (Å²) in [4.78, 5) is 12.0. The van der Waals surface area contributed by atoms with Crippen LogP contribution in [0.5, 0.6) is 11.5 Å². The van der Waals surface area contributed by atoms with E-state index in [-0.39, 0.29) is 12.5 Å². The van der Waals surface area contributed by atoms with Crippen molar-refractivity contribution in [3.05, 3.63) is 88.4 Å². The highest BCUT2D eigenvalue weighted by molar-refractivity contribution is 6.35. The number of ether oxygens (including phenoxy) is 2. The molecule has 0 aliphatic rings. The molecule has 3 aromatic rings. The molecule has 0 heterocycles. The maximum atomic E-state index is 12.0. The van der Waals surface area contributed by atoms with Crippen LogP contribution in [0, 0.1) is 0 Å². The van der Waals surface area contributed by atoms with E-state index in [1.54, 1.807) is 42.5 Å². The van der Waals surface area contributed by atoms with E-state index in [0.29, 0.717) is 28.1 Å². The molecular weight excluding hydrogens is 385 g/mol. The van der Waals surface area contributed by atoms with Gasteiger partial charge in [-0.25, -0.2) is 0 Å². The number of nitrogens with one attached hydrogen (secondary N) is 1. The number of carbonyl (C=O) groups is 1. The smallest absolute Gasteiger partial charge is 0.262 e. The highest BCUT2D eigenvalue weighted by Crippen LogP contribution is 2.25. The van der Waals surface area contributed by atoms with Gasteiger partial charge in [0, 0.05) is 5.02 Å². The fourth-order valence-corrected chi connectivity index (χ4v) is 2.64. The van der Waals surface area contributed by atoms with Crippen molar-refractivity contribution in [1.82, 2.24) is 0 Å². The predicted molar refractivity (Wildman–Crippen MR) is 108 cm³/mol. The van der Waals surface area contributed by atoms with Crippen LogP contribution in [0.1, 0.15) is 5.56 Å². The number of carbonyl (C=O) groups excluding carboxylic acids is 1. The van der Waals surface area contributed by atoms with E-state index in [9.17, 15) is 4.79 Å². The third kappa shape index (κ3) is 5.91. The maximum absolute atomic E-state index is 12.0. The molecule has 0 radical (unpaired) electrons. The molecule has 3 aromatic carbocycles. The average Bonchev–Trinajstić information content (AvgIpc) is 2.69. The molecule has 0 unspecified atom stereocenters. The van der Waals surface area contributed by atoms with Gasteiger partial charge in [0.05, 0.1) is 10.7 Å². The maximum Gasteiger partial charge on any atom is 0.262 e. The number of hydrogen-bond donors (Lipinski definition) is 1. The zero-order chi connectivity index (χ0) is 19.1. The minimum Gasteiger partial charge on any atom is -0.489 e. The number of rotatable bonds is 7. The summed E-state index contributed by atoms with van der Waals surface area (Å²) in [5, 5.41) is 3.56. The number of anilines is 1. The van der Waals surface area contributed by atoms with E-state index >= 15 is 0 Å². The van der Waals surface area contributed by atoms with Crippen LogP contribution in [0.3, 0.4) is 0 Å². The van der Waals surface area contributed by atoms with Crippen molar-refractivity contribution in [3.8, 4) is 11.5 Å². The van der Waals surface area contributed by atoms with Crippen molar-refractivity contribution in [2.24, 2.45) is 0 Å². The molecule has 3 rings (SSSR count). The van der Waals surface area contributed by atoms with Crippen LogP contribution in [0.15, 0.2) is 72.8 Å². The van der Waals surface area contributed by atoms with Crippen molar-refractivity contribution >= 4 is 34.8 Å². The topological polar surface area (TPSA) is 47.6 Å². The molecule has 0 bridgehead atoms. The van der Waals surface area contributed by atoms with E-state index in [4.69, 9.17) is 32.7 Å². The lowest BCUT2D eigenvalue weighted by atomic mass is 10.2. The van der Waals surface area contributed by atoms with Gasteiger partial charge >= 0.3 is 0 Å². The predicted octanol–water partition coefficient (Wildman–Crippen LogP) is 5.59. The molecule has 0 saturated carbocycles. The zero-order valence-corrected chi connectivity index (χ0v) is 15.8. The fraction of sp³-hybridized carbons (Fsp3) is 0.0952. The highest BCUT2D eigenvalue weighted by atomic mass is 35.5. The van der Waals surface area contributed by atoms with Crippen LogP contribution >= 0.6 is 23.2 Å². The highest BCUT2D eigenvalue weighted by Gasteiger charge is 2.08. The van der Waals surface area contributed by atoms with Gasteiger partial charge in [-0.05, 0) is 48.0 Å². The first-order valence-corrected chi connectivity index (χ1v) is 9.00. The van der Waals surface area contributed by atoms with Crippen LogP contribution in [0.2, 0.25) is 10.0 Å². The van der Waals surface area contributed by atoms with Crippen molar-refractivity contribution < 1.29 is 14.3 Å². The molecule has 0 aliphatic heterocycles. The van der Waals surface area contributed by atoms with Crippen LogP contribution in [-0.2, 0) is 11.4 Å². The monoisotopic (exact) mass is 401 g/mol. The molecule has 0 saturated heterocycles. The molecule has 1 N–H and O–H groups in total. The summed E-state index contributed by atoms with van der Waals surface area (Å²) >= 11 is 11.9. The SMILES string of the molecule is O=C(COc1ccc(OCc2ccccc2)cc1)Nc1cc(Cl)ccc1Cl. The summed E-state index contributed by atoms with van der Waals surface area (Å²) in [6.07, 6.45) is 0. The first-order valence-electron chi connectivity index (χ1n) is 8.24. The Balaban J connectivity index is 1.48. The summed E-state index contributed by atoms with van der Waals surface area (Å²) in [7, 11) is 0. The Morgan fingerprint density at radius 1 is 0.852 bits per heavy atom. The Labute approximate surface area is 167 Å². The Hall–Kier alpha value is -2.69. The normalized spacial score (nSPS) is 10.3. The standard InChI is InChI=1S/C21H17Cl2NO3/c22-16-6-11-19(23)20(12-16)24-21(25)14-27-18-9-7-17(8-10-18)26-13-15-4-2-1-3-5-15/h1-12H,13-14H2,(H,24,25). The van der Waals surface area contributed by atoms with Gasteiger partial charge in [0.15, 0.2) is 6.61 Å². The summed E-state index contributed by atoms with van der Waals surface area (Å²) in [6.45, 7) is 0.344. The first kappa shape index (κ1) is 19.1. The van der Waals surface area contributed by atoms with Crippen LogP contribution < -0.4 is 14.8 Å². The van der Waals surface area contributed by atoms with Crippen molar-refractivity contribution in [1.29, 1.82) is 0 Å². The molecule has 1 amide bonds. The van der Waals surface area contributed by atoms with Gasteiger partial charge in [-0.2, -0.15) is 0 Å². The Morgan fingerprint density at radius 3 is 2.22 bits per heavy atom. The van der Waals surface area contributed by atoms with Crippen molar-refractivity contribution in [2.45, 2.75) is 6.61 Å². The van der Waals surface area contributed by atoms with E-state index < -0.39 is 0 Å². The number of amides is 1. The molecule has 0 aromatic heterocycles. The Bertz CT molecular complexity index is 899. The molecular formula is C21H17Cl2NO3. The van der Waals surface area contributed by atoms with E-state index in [1.807, 2.05) is 30.3 Å². The molecule has 138 valence electrons. The van der Waals surface area contributed by atoms with Gasteiger partial charge < -0.3 is 14.8 Å². The summed E-state index contributed by atoms with van der Waals surface area (Å²) in [6, 6.07) is 21.9. The molecule has 27 heavy (non-hydrogen) atoms. The van der Waals surface area contributed by atoms with Crippen LogP contribution in [-0.4, -0.2) is 12.5 Å². The second-order valence-electron chi connectivity index (χ2n) is 5.71. The molecule has 0 fully saturated rings. The van der Waals surface area contributed by atoms with E-state index in [0.717, 1.165) is 11.3 Å².